The summed E-state index contributed by atoms with van der Waals surface area (Å²) in [5.74, 6) is 0.00423. The summed E-state index contributed by atoms with van der Waals surface area (Å²) in [5, 5.41) is 12.1. The molecule has 1 aromatic carbocycles. The number of nitrogens with one attached hydrogen (secondary N) is 1. The van der Waals surface area contributed by atoms with Gasteiger partial charge >= 0.3 is 154 Å². The van der Waals surface area contributed by atoms with E-state index < -0.39 is 29.8 Å². The predicted octanol–water partition coefficient (Wildman–Crippen LogP) is 4.33. The molecule has 3 atom stereocenters. The molecule has 1 aliphatic carbocycles. The number of rotatable bonds is 8. The number of benzene rings is 1. The fraction of sp³-hybridized carbons (Fsp3) is 0.522. The van der Waals surface area contributed by atoms with E-state index in [0.29, 0.717) is 18.9 Å². The largest absolute Gasteiger partial charge is 0.0585 e. The maximum absolute atomic E-state index is 12.6. The van der Waals surface area contributed by atoms with Crippen molar-refractivity contribution < 1.29 is 23.8 Å². The molecule has 31 heavy (non-hydrogen) atoms. The molecule has 0 radical (unpaired) electrons. The van der Waals surface area contributed by atoms with Gasteiger partial charge in [-0.2, -0.15) is 0 Å². The molecule has 0 bridgehead atoms. The molecule has 7 nitrogen and oxygen atoms in total. The van der Waals surface area contributed by atoms with Crippen LogP contribution in [0.5, 0.6) is 0 Å². The molecular weight excluding hydrogens is 511 g/mol. The molecule has 2 aromatic rings. The number of aromatic nitrogens is 1. The summed E-state index contributed by atoms with van der Waals surface area (Å²) < 4.78 is 11.2. The second-order valence-corrected chi connectivity index (χ2v) is 14.1. The number of alkyl halides is 3. The number of oxazole rings is 1. The minimum absolute atomic E-state index is 0.0513. The molecule has 1 amide bonds. The van der Waals surface area contributed by atoms with Crippen molar-refractivity contribution >= 4 is 31.7 Å². The van der Waals surface area contributed by atoms with Crippen LogP contribution >= 0.6 is 19.8 Å². The molecule has 1 heterocycles. The van der Waals surface area contributed by atoms with Crippen molar-refractivity contribution in [3.8, 4) is 11.5 Å². The van der Waals surface area contributed by atoms with Gasteiger partial charge < -0.3 is 0 Å². The molecule has 170 valence electrons. The first kappa shape index (κ1) is 23.7. The van der Waals surface area contributed by atoms with Gasteiger partial charge in [0, 0.05) is 0 Å². The van der Waals surface area contributed by atoms with Crippen LogP contribution in [0.3, 0.4) is 0 Å². The molecule has 1 aromatic heterocycles. The molecule has 1 saturated carbocycles. The van der Waals surface area contributed by atoms with Gasteiger partial charge in [0.25, 0.3) is 0 Å². The van der Waals surface area contributed by atoms with Gasteiger partial charge in [-0.3, -0.25) is 0 Å². The molecular formula is C23H31IN2O5. The van der Waals surface area contributed by atoms with Gasteiger partial charge in [-0.25, -0.2) is 0 Å². The number of aryl methyl sites for hydroxylation is 2. The molecule has 1 fully saturated rings. The first-order chi connectivity index (χ1) is 14.7. The van der Waals surface area contributed by atoms with E-state index in [4.69, 9.17) is 9.15 Å². The molecule has 0 spiro atoms. The minimum atomic E-state index is -1.71. The van der Waals surface area contributed by atoms with E-state index in [0.717, 1.165) is 36.3 Å². The van der Waals surface area contributed by atoms with E-state index >= 15 is 0 Å². The van der Waals surface area contributed by atoms with Gasteiger partial charge in [0.1, 0.15) is 0 Å². The van der Waals surface area contributed by atoms with E-state index in [1.54, 1.807) is 0 Å². The number of carbonyl (C=O) groups is 2. The van der Waals surface area contributed by atoms with Crippen LogP contribution in [0.1, 0.15) is 42.7 Å². The molecule has 0 unspecified atom stereocenters. The van der Waals surface area contributed by atoms with E-state index in [-0.39, 0.29) is 17.9 Å². The number of carboxylic acid groups (broad SMARTS) is 1. The molecule has 1 aliphatic rings. The Labute approximate surface area is 190 Å². The van der Waals surface area contributed by atoms with Gasteiger partial charge in [0.05, 0.1) is 0 Å². The van der Waals surface area contributed by atoms with Crippen LogP contribution in [0.25, 0.3) is 11.5 Å². The van der Waals surface area contributed by atoms with Crippen molar-refractivity contribution in [2.45, 2.75) is 56.3 Å². The Morgan fingerprint density at radius 2 is 1.97 bits per heavy atom. The van der Waals surface area contributed by atoms with Gasteiger partial charge in [-0.05, 0) is 19.1 Å². The number of nitrogens with zero attached hydrogens (tertiary/aromatic N) is 1. The average molecular weight is 542 g/mol. The van der Waals surface area contributed by atoms with Crippen LogP contribution in [0, 0.1) is 19.8 Å². The topological polar surface area (TPSA) is 102 Å². The summed E-state index contributed by atoms with van der Waals surface area (Å²) in [7, 11) is 0. The molecule has 0 saturated heterocycles. The zero-order valence-corrected chi connectivity index (χ0v) is 20.6. The second kappa shape index (κ2) is 10.6. The Balaban J connectivity index is 1.57. The van der Waals surface area contributed by atoms with Crippen LogP contribution in [-0.2, 0) is 20.9 Å². The summed E-state index contributed by atoms with van der Waals surface area (Å²) in [4.78, 5) is 32.5. The maximum Gasteiger partial charge on any atom is -0.0493 e. The molecule has 0 aliphatic heterocycles. The van der Waals surface area contributed by atoms with Gasteiger partial charge in [-0.1, -0.05) is 17.7 Å². The number of halogens is 1. The Morgan fingerprint density at radius 3 is 2.61 bits per heavy atom. The molecule has 3 rings (SSSR count). The van der Waals surface area contributed by atoms with E-state index in [2.05, 4.69) is 10.3 Å². The first-order valence-corrected chi connectivity index (χ1v) is 16.0. The fourth-order valence-electron chi connectivity index (χ4n) is 3.71. The first-order valence-electron chi connectivity index (χ1n) is 10.4. The SMILES string of the molecule is Cc1ccc(-c2nc(CO[C@H]3CCC[C@@H](C(=O)N[C@H](C(=O)O)I(C)C)C3)c(C)o2)cc1. The smallest absolute Gasteiger partial charge is 0.0493 e. The summed E-state index contributed by atoms with van der Waals surface area (Å²) in [6.07, 6.45) is 3.08. The summed E-state index contributed by atoms with van der Waals surface area (Å²) >= 11 is -1.71. The van der Waals surface area contributed by atoms with E-state index in [1.165, 1.54) is 5.56 Å². The summed E-state index contributed by atoms with van der Waals surface area (Å²) in [6.45, 7) is 4.25. The van der Waals surface area contributed by atoms with Crippen LogP contribution in [0.2, 0.25) is 0 Å². The van der Waals surface area contributed by atoms with Crippen molar-refractivity contribution in [3.63, 3.8) is 0 Å². The summed E-state index contributed by atoms with van der Waals surface area (Å²) in [5.41, 5.74) is 2.87. The fourth-order valence-corrected chi connectivity index (χ4v) is 5.71. The number of carbonyl (C=O) groups excluding carboxylic acids is 1. The van der Waals surface area contributed by atoms with Crippen molar-refractivity contribution in [1.29, 1.82) is 0 Å². The van der Waals surface area contributed by atoms with Crippen LogP contribution in [0.15, 0.2) is 28.7 Å². The quantitative estimate of drug-likeness (QED) is 0.293. The molecule has 8 heteroatoms. The monoisotopic (exact) mass is 542 g/mol. The Morgan fingerprint density at radius 1 is 1.26 bits per heavy atom. The minimum Gasteiger partial charge on any atom is -0.0585 e. The number of carboxylic acids is 1. The normalized spacial score (nSPS) is 20.2. The zero-order chi connectivity index (χ0) is 22.5. The maximum atomic E-state index is 12.6. The number of ether oxygens (including phenoxy) is 1. The Hall–Kier alpha value is -1.94. The number of hydrogen-bond acceptors (Lipinski definition) is 5. The third-order valence-electron chi connectivity index (χ3n) is 5.57. The second-order valence-electron chi connectivity index (χ2n) is 8.21. The van der Waals surface area contributed by atoms with E-state index in [9.17, 15) is 14.7 Å². The van der Waals surface area contributed by atoms with Crippen molar-refractivity contribution in [3.05, 3.63) is 41.3 Å². The molecule has 2 N–H and O–H groups in total. The van der Waals surface area contributed by atoms with Gasteiger partial charge in [0.15, 0.2) is 0 Å². The number of amides is 1. The Bertz CT molecular complexity index is 909. The number of aliphatic carboxylic acids is 1. The third kappa shape index (κ3) is 6.29. The average Bonchev–Trinajstić information content (AvgIpc) is 3.11. The standard InChI is InChI=1S/C23H31IN2O5/c1-14-8-10-16(11-9-14)22-25-19(15(2)31-22)13-30-18-7-5-6-17(12-18)21(27)26-20(23(28)29)24(3)4/h8-11,17-18,20H,5-7,12-13H2,1-4H3,(H,26,27)(H,28,29)/t17-,18+,20-/m1/s1. The zero-order valence-electron chi connectivity index (χ0n) is 18.5. The van der Waals surface area contributed by atoms with Gasteiger partial charge in [0.2, 0.25) is 0 Å². The predicted molar refractivity (Wildman–Crippen MR) is 127 cm³/mol. The van der Waals surface area contributed by atoms with Crippen molar-refractivity contribution in [2.75, 3.05) is 9.86 Å². The Kier molecular flexibility index (Phi) is 8.10. The van der Waals surface area contributed by atoms with Crippen LogP contribution in [0.4, 0.5) is 0 Å². The van der Waals surface area contributed by atoms with Crippen LogP contribution < -0.4 is 5.32 Å². The number of hydrogen-bond donors (Lipinski definition) is 2. The van der Waals surface area contributed by atoms with Crippen LogP contribution in [-0.4, -0.2) is 42.0 Å². The van der Waals surface area contributed by atoms with E-state index in [1.807, 2.05) is 48.0 Å². The summed E-state index contributed by atoms with van der Waals surface area (Å²) in [6, 6.07) is 8.02. The van der Waals surface area contributed by atoms with Crippen molar-refractivity contribution in [1.82, 2.24) is 10.3 Å². The van der Waals surface area contributed by atoms with Gasteiger partial charge in [-0.15, -0.1) is 0 Å². The third-order valence-corrected chi connectivity index (χ3v) is 8.90. The van der Waals surface area contributed by atoms with Crippen molar-refractivity contribution in [2.24, 2.45) is 5.92 Å².